The molecule has 8 nitrogen and oxygen atoms in total. The summed E-state index contributed by atoms with van der Waals surface area (Å²) in [5.74, 6) is -3.10. The number of rotatable bonds is 8. The molecule has 0 spiro atoms. The van der Waals surface area contributed by atoms with E-state index in [-0.39, 0.29) is 23.0 Å². The molecule has 4 rings (SSSR count). The highest BCUT2D eigenvalue weighted by Gasteiger charge is 2.31. The topological polar surface area (TPSA) is 106 Å². The third-order valence-electron chi connectivity index (χ3n) is 6.57. The number of alkyl halides is 2. The van der Waals surface area contributed by atoms with Gasteiger partial charge in [-0.15, -0.1) is 0 Å². The van der Waals surface area contributed by atoms with E-state index in [1.165, 1.54) is 19.2 Å². The van der Waals surface area contributed by atoms with E-state index in [1.54, 1.807) is 14.0 Å². The van der Waals surface area contributed by atoms with E-state index in [9.17, 15) is 17.2 Å². The van der Waals surface area contributed by atoms with Gasteiger partial charge < -0.3 is 15.4 Å². The van der Waals surface area contributed by atoms with Crippen LogP contribution in [0.4, 0.5) is 19.0 Å². The summed E-state index contributed by atoms with van der Waals surface area (Å²) >= 11 is 0. The molecule has 1 aliphatic heterocycles. The molecule has 3 aromatic rings. The van der Waals surface area contributed by atoms with Gasteiger partial charge >= 0.3 is 0 Å². The summed E-state index contributed by atoms with van der Waals surface area (Å²) in [6.45, 7) is 2.65. The summed E-state index contributed by atoms with van der Waals surface area (Å²) < 4.78 is 72.4. The van der Waals surface area contributed by atoms with Gasteiger partial charge in [-0.25, -0.2) is 31.6 Å². The van der Waals surface area contributed by atoms with Crippen molar-refractivity contribution in [1.29, 1.82) is 0 Å². The van der Waals surface area contributed by atoms with Gasteiger partial charge in [0.05, 0.1) is 42.2 Å². The van der Waals surface area contributed by atoms with Gasteiger partial charge in [0, 0.05) is 18.1 Å². The standard InChI is InChI=1S/C25H30F3N5O3S/c1-14(16-6-5-7-19(21(16)26)25(2,27)28)30-22-18-12-17(15-8-10-37(34,35)11-9-15)24(36-4)33-23(18)32-20(31-22)13-29-3/h5-7,12,14-15,29H,8-11,13H2,1-4H3,(H,30,31,32,33)/t14-/m1/s1. The van der Waals surface area contributed by atoms with Crippen LogP contribution in [0.5, 0.6) is 5.88 Å². The van der Waals surface area contributed by atoms with Crippen molar-refractivity contribution in [2.24, 2.45) is 0 Å². The highest BCUT2D eigenvalue weighted by Crippen LogP contribution is 2.38. The maximum absolute atomic E-state index is 15.1. The van der Waals surface area contributed by atoms with Gasteiger partial charge in [0.15, 0.2) is 5.65 Å². The smallest absolute Gasteiger partial charge is 0.273 e. The van der Waals surface area contributed by atoms with Crippen LogP contribution in [0, 0.1) is 5.82 Å². The second-order valence-corrected chi connectivity index (χ2v) is 11.7. The summed E-state index contributed by atoms with van der Waals surface area (Å²) in [6, 6.07) is 5.04. The predicted octanol–water partition coefficient (Wildman–Crippen LogP) is 4.47. The van der Waals surface area contributed by atoms with E-state index in [1.807, 2.05) is 6.07 Å². The van der Waals surface area contributed by atoms with Gasteiger partial charge in [0.2, 0.25) is 5.88 Å². The Morgan fingerprint density at radius 3 is 2.51 bits per heavy atom. The van der Waals surface area contributed by atoms with Crippen LogP contribution in [0.3, 0.4) is 0 Å². The molecular weight excluding hydrogens is 507 g/mol. The Morgan fingerprint density at radius 1 is 1.19 bits per heavy atom. The second-order valence-electron chi connectivity index (χ2n) is 9.37. The lowest BCUT2D eigenvalue weighted by Crippen LogP contribution is -2.22. The zero-order valence-electron chi connectivity index (χ0n) is 21.1. The Morgan fingerprint density at radius 2 is 1.89 bits per heavy atom. The third-order valence-corrected chi connectivity index (χ3v) is 8.29. The lowest BCUT2D eigenvalue weighted by Gasteiger charge is -2.24. The number of aromatic nitrogens is 3. The first-order valence-electron chi connectivity index (χ1n) is 12.0. The summed E-state index contributed by atoms with van der Waals surface area (Å²) in [5.41, 5.74) is 0.473. The largest absolute Gasteiger partial charge is 0.481 e. The summed E-state index contributed by atoms with van der Waals surface area (Å²) in [6.07, 6.45) is 0.875. The maximum atomic E-state index is 15.1. The highest BCUT2D eigenvalue weighted by molar-refractivity contribution is 7.91. The fourth-order valence-electron chi connectivity index (χ4n) is 4.61. The van der Waals surface area contributed by atoms with Gasteiger partial charge in [-0.2, -0.15) is 4.98 Å². The number of hydrogen-bond acceptors (Lipinski definition) is 8. The third kappa shape index (κ3) is 5.80. The normalized spacial score (nSPS) is 17.1. The highest BCUT2D eigenvalue weighted by atomic mass is 32.2. The van der Waals surface area contributed by atoms with Crippen molar-refractivity contribution in [2.45, 2.75) is 51.1 Å². The fraction of sp³-hybridized carbons (Fsp3) is 0.480. The molecule has 0 unspecified atom stereocenters. The quantitative estimate of drug-likeness (QED) is 0.434. The SMILES string of the molecule is CNCc1nc(N[C@H](C)c2cccc(C(C)(F)F)c2F)c2cc(C3CCS(=O)(=O)CC3)c(OC)nc2n1. The predicted molar refractivity (Wildman–Crippen MR) is 135 cm³/mol. The molecule has 0 aliphatic carbocycles. The van der Waals surface area contributed by atoms with Crippen molar-refractivity contribution in [2.75, 3.05) is 31.0 Å². The van der Waals surface area contributed by atoms with Crippen molar-refractivity contribution >= 4 is 26.7 Å². The number of anilines is 1. The van der Waals surface area contributed by atoms with E-state index in [4.69, 9.17) is 4.74 Å². The first-order chi connectivity index (χ1) is 17.4. The van der Waals surface area contributed by atoms with Crippen LogP contribution in [0.2, 0.25) is 0 Å². The molecule has 1 aromatic carbocycles. The van der Waals surface area contributed by atoms with E-state index in [0.29, 0.717) is 54.9 Å². The summed E-state index contributed by atoms with van der Waals surface area (Å²) in [5, 5.41) is 6.68. The molecule has 0 saturated carbocycles. The molecule has 1 aliphatic rings. The Kier molecular flexibility index (Phi) is 7.61. The van der Waals surface area contributed by atoms with Crippen molar-refractivity contribution in [1.82, 2.24) is 20.3 Å². The monoisotopic (exact) mass is 537 g/mol. The van der Waals surface area contributed by atoms with Gasteiger partial charge in [-0.1, -0.05) is 18.2 Å². The number of methoxy groups -OCH3 is 1. The van der Waals surface area contributed by atoms with Crippen LogP contribution in [-0.2, 0) is 22.3 Å². The van der Waals surface area contributed by atoms with Gasteiger partial charge in [0.25, 0.3) is 5.92 Å². The maximum Gasteiger partial charge on any atom is 0.273 e. The molecule has 1 fully saturated rings. The number of ether oxygens (including phenoxy) is 1. The minimum absolute atomic E-state index is 0.0696. The van der Waals surface area contributed by atoms with Gasteiger partial charge in [-0.05, 0) is 38.8 Å². The van der Waals surface area contributed by atoms with Gasteiger partial charge in [0.1, 0.15) is 27.3 Å². The lowest BCUT2D eigenvalue weighted by atomic mass is 9.93. The Labute approximate surface area is 214 Å². The minimum Gasteiger partial charge on any atom is -0.481 e. The van der Waals surface area contributed by atoms with Crippen molar-refractivity contribution in [3.05, 3.63) is 52.6 Å². The first kappa shape index (κ1) is 27.1. The number of halogens is 3. The number of nitrogens with one attached hydrogen (secondary N) is 2. The summed E-state index contributed by atoms with van der Waals surface area (Å²) in [4.78, 5) is 13.7. The number of sulfone groups is 1. The van der Waals surface area contributed by atoms with Crippen LogP contribution < -0.4 is 15.4 Å². The molecule has 0 amide bonds. The van der Waals surface area contributed by atoms with Crippen LogP contribution in [-0.4, -0.2) is 49.0 Å². The van der Waals surface area contributed by atoms with Gasteiger partial charge in [-0.3, -0.25) is 0 Å². The van der Waals surface area contributed by atoms with E-state index < -0.39 is 33.2 Å². The van der Waals surface area contributed by atoms with E-state index in [2.05, 4.69) is 25.6 Å². The fourth-order valence-corrected chi connectivity index (χ4v) is 6.10. The zero-order valence-corrected chi connectivity index (χ0v) is 21.9. The van der Waals surface area contributed by atoms with Crippen LogP contribution >= 0.6 is 0 Å². The lowest BCUT2D eigenvalue weighted by molar-refractivity contribution is 0.0136. The Bertz CT molecular complexity index is 1400. The Balaban J connectivity index is 1.79. The first-order valence-corrected chi connectivity index (χ1v) is 13.8. The number of benzene rings is 1. The number of fused-ring (bicyclic) bond motifs is 1. The molecule has 37 heavy (non-hydrogen) atoms. The zero-order chi connectivity index (χ0) is 27.0. The van der Waals surface area contributed by atoms with Crippen LogP contribution in [0.25, 0.3) is 11.0 Å². The average molecular weight is 538 g/mol. The van der Waals surface area contributed by atoms with Crippen LogP contribution in [0.1, 0.15) is 61.2 Å². The van der Waals surface area contributed by atoms with Crippen LogP contribution in [0.15, 0.2) is 24.3 Å². The van der Waals surface area contributed by atoms with Crippen molar-refractivity contribution in [3.8, 4) is 5.88 Å². The van der Waals surface area contributed by atoms with Crippen molar-refractivity contribution in [3.63, 3.8) is 0 Å². The van der Waals surface area contributed by atoms with E-state index in [0.717, 1.165) is 11.6 Å². The molecular formula is C25H30F3N5O3S. The molecule has 1 saturated heterocycles. The molecule has 1 atom stereocenters. The molecule has 3 heterocycles. The number of hydrogen-bond donors (Lipinski definition) is 2. The van der Waals surface area contributed by atoms with E-state index >= 15 is 4.39 Å². The molecule has 2 aromatic heterocycles. The number of pyridine rings is 1. The Hall–Kier alpha value is -2.99. The number of nitrogens with zero attached hydrogens (tertiary/aromatic N) is 3. The van der Waals surface area contributed by atoms with Crippen molar-refractivity contribution < 1.29 is 26.3 Å². The summed E-state index contributed by atoms with van der Waals surface area (Å²) in [7, 11) is 0.168. The molecule has 0 bridgehead atoms. The molecule has 12 heteroatoms. The molecule has 2 N–H and O–H groups in total. The average Bonchev–Trinajstić information content (AvgIpc) is 2.83. The molecule has 200 valence electrons. The second kappa shape index (κ2) is 10.4. The minimum atomic E-state index is -3.33. The molecule has 0 radical (unpaired) electrons.